The van der Waals surface area contributed by atoms with E-state index in [1.54, 1.807) is 0 Å². The van der Waals surface area contributed by atoms with Gasteiger partial charge in [-0.2, -0.15) is 0 Å². The number of hydrogen-bond donors (Lipinski definition) is 0. The third-order valence-electron chi connectivity index (χ3n) is 1.21. The van der Waals surface area contributed by atoms with E-state index in [-0.39, 0.29) is 5.78 Å². The number of ketones is 1. The normalized spacial score (nSPS) is 9.17. The molecule has 0 spiro atoms. The summed E-state index contributed by atoms with van der Waals surface area (Å²) in [5.74, 6) is 0.167. The molecule has 0 aliphatic heterocycles. The molecule has 0 fully saturated rings. The van der Waals surface area contributed by atoms with Crippen molar-refractivity contribution >= 4 is 5.78 Å². The van der Waals surface area contributed by atoms with E-state index in [1.807, 2.05) is 0 Å². The molecule has 0 saturated carbocycles. The van der Waals surface area contributed by atoms with Crippen LogP contribution in [0, 0.1) is 0 Å². The average molecular weight is 173 g/mol. The van der Waals surface area contributed by atoms with Crippen molar-refractivity contribution in [3.63, 3.8) is 0 Å². The first-order valence-electron chi connectivity index (χ1n) is 4.70. The zero-order chi connectivity index (χ0) is 9.98. The van der Waals surface area contributed by atoms with Crippen molar-refractivity contribution in [3.8, 4) is 0 Å². The molecule has 0 aromatic rings. The highest BCUT2D eigenvalue weighted by Gasteiger charge is 1.90. The van der Waals surface area contributed by atoms with E-state index in [1.165, 1.54) is 39.8 Å². The number of carbonyl (C=O) groups excluding carboxylic acids is 1. The predicted molar refractivity (Wildman–Crippen MR) is 54.4 cm³/mol. The maximum Gasteiger partial charge on any atom is 0.126 e. The molecule has 0 aliphatic rings. The van der Waals surface area contributed by atoms with Crippen molar-refractivity contribution < 1.29 is 4.79 Å². The fraction of sp³-hybridized carbons (Fsp3) is 0.900. The minimum Gasteiger partial charge on any atom is -0.306 e. The van der Waals surface area contributed by atoms with Gasteiger partial charge in [0, 0.05) is 0 Å². The first-order valence-corrected chi connectivity index (χ1v) is 4.70. The van der Waals surface area contributed by atoms with Gasteiger partial charge < -0.3 is 9.69 Å². The van der Waals surface area contributed by atoms with Gasteiger partial charge in [0.1, 0.15) is 5.78 Å². The monoisotopic (exact) mass is 173 g/mol. The van der Waals surface area contributed by atoms with Crippen molar-refractivity contribution in [1.82, 2.24) is 4.90 Å². The van der Waals surface area contributed by atoms with Gasteiger partial charge in [0.25, 0.3) is 0 Å². The van der Waals surface area contributed by atoms with Crippen LogP contribution in [-0.2, 0) is 4.79 Å². The first kappa shape index (κ1) is 14.2. The van der Waals surface area contributed by atoms with Gasteiger partial charge in [0.15, 0.2) is 0 Å². The number of carbonyl (C=O) groups is 1. The molecule has 0 unspecified atom stereocenters. The molecule has 74 valence electrons. The summed E-state index contributed by atoms with van der Waals surface area (Å²) in [4.78, 5) is 11.8. The molecule has 0 atom stereocenters. The molecular formula is C10H23NO. The van der Waals surface area contributed by atoms with E-state index in [0.29, 0.717) is 0 Å². The van der Waals surface area contributed by atoms with Crippen molar-refractivity contribution in [2.45, 2.75) is 40.5 Å². The van der Waals surface area contributed by atoms with Crippen molar-refractivity contribution in [2.24, 2.45) is 0 Å². The third kappa shape index (κ3) is 22.6. The molecule has 0 heterocycles. The van der Waals surface area contributed by atoms with Gasteiger partial charge in [-0.05, 0) is 46.8 Å². The van der Waals surface area contributed by atoms with Crippen LogP contribution in [0.25, 0.3) is 0 Å². The second-order valence-corrected chi connectivity index (χ2v) is 3.21. The van der Waals surface area contributed by atoms with Gasteiger partial charge in [0.05, 0.1) is 0 Å². The Balaban J connectivity index is 0. The minimum atomic E-state index is 0.167. The smallest absolute Gasteiger partial charge is 0.126 e. The highest BCUT2D eigenvalue weighted by atomic mass is 16.1. The lowest BCUT2D eigenvalue weighted by molar-refractivity contribution is -0.114. The van der Waals surface area contributed by atoms with E-state index in [0.717, 1.165) is 0 Å². The van der Waals surface area contributed by atoms with Crippen LogP contribution in [0.3, 0.4) is 0 Å². The Hall–Kier alpha value is -0.370. The molecule has 0 amide bonds. The summed E-state index contributed by atoms with van der Waals surface area (Å²) in [6, 6.07) is 0. The molecule has 2 heteroatoms. The van der Waals surface area contributed by atoms with Gasteiger partial charge in [-0.15, -0.1) is 0 Å². The van der Waals surface area contributed by atoms with E-state index < -0.39 is 0 Å². The van der Waals surface area contributed by atoms with Crippen molar-refractivity contribution in [2.75, 3.05) is 20.1 Å². The summed E-state index contributed by atoms with van der Waals surface area (Å²) in [7, 11) is 2.17. The van der Waals surface area contributed by atoms with Crippen LogP contribution in [0.1, 0.15) is 40.5 Å². The third-order valence-corrected chi connectivity index (χ3v) is 1.21. The summed E-state index contributed by atoms with van der Waals surface area (Å²) in [5, 5.41) is 0. The van der Waals surface area contributed by atoms with E-state index in [2.05, 4.69) is 25.8 Å². The molecule has 0 aromatic carbocycles. The lowest BCUT2D eigenvalue weighted by Crippen LogP contribution is -2.19. The lowest BCUT2D eigenvalue weighted by atomic mass is 10.4. The van der Waals surface area contributed by atoms with Crippen LogP contribution in [0.4, 0.5) is 0 Å². The zero-order valence-electron chi connectivity index (χ0n) is 9.18. The largest absolute Gasteiger partial charge is 0.306 e. The Kier molecular flexibility index (Phi) is 12.6. The molecule has 0 aliphatic carbocycles. The Morgan fingerprint density at radius 2 is 1.33 bits per heavy atom. The second kappa shape index (κ2) is 10.6. The number of nitrogens with zero attached hydrogens (tertiary/aromatic N) is 1. The van der Waals surface area contributed by atoms with Gasteiger partial charge in [-0.1, -0.05) is 13.8 Å². The Morgan fingerprint density at radius 1 is 1.08 bits per heavy atom. The molecule has 0 N–H and O–H groups in total. The molecule has 0 bridgehead atoms. The quantitative estimate of drug-likeness (QED) is 0.650. The van der Waals surface area contributed by atoms with Crippen LogP contribution in [-0.4, -0.2) is 30.8 Å². The van der Waals surface area contributed by atoms with Crippen LogP contribution in [0.5, 0.6) is 0 Å². The van der Waals surface area contributed by atoms with Crippen molar-refractivity contribution in [3.05, 3.63) is 0 Å². The van der Waals surface area contributed by atoms with Gasteiger partial charge in [0.2, 0.25) is 0 Å². The highest BCUT2D eigenvalue weighted by Crippen LogP contribution is 1.86. The van der Waals surface area contributed by atoms with Crippen LogP contribution in [0.2, 0.25) is 0 Å². The fourth-order valence-electron chi connectivity index (χ4n) is 0.875. The molecule has 0 rings (SSSR count). The summed E-state index contributed by atoms with van der Waals surface area (Å²) in [6.07, 6.45) is 2.55. The SMILES string of the molecule is CC(C)=O.CCCN(C)CCC. The zero-order valence-corrected chi connectivity index (χ0v) is 9.18. The maximum atomic E-state index is 9.44. The molecule has 0 radical (unpaired) electrons. The molecule has 0 saturated heterocycles. The summed E-state index contributed by atoms with van der Waals surface area (Å²) in [6.45, 7) is 9.97. The van der Waals surface area contributed by atoms with Crippen LogP contribution < -0.4 is 0 Å². The predicted octanol–water partition coefficient (Wildman–Crippen LogP) is 2.33. The van der Waals surface area contributed by atoms with Gasteiger partial charge in [-0.25, -0.2) is 0 Å². The van der Waals surface area contributed by atoms with E-state index in [4.69, 9.17) is 0 Å². The molecule has 12 heavy (non-hydrogen) atoms. The lowest BCUT2D eigenvalue weighted by Gasteiger charge is -2.12. The fourth-order valence-corrected chi connectivity index (χ4v) is 0.875. The summed E-state index contributed by atoms with van der Waals surface area (Å²) >= 11 is 0. The Labute approximate surface area is 77.0 Å². The standard InChI is InChI=1S/C7H17N.C3H6O/c1-4-6-8(3)7-5-2;1-3(2)4/h4-7H2,1-3H3;1-2H3. The summed E-state index contributed by atoms with van der Waals surface area (Å²) in [5.41, 5.74) is 0. The second-order valence-electron chi connectivity index (χ2n) is 3.21. The minimum absolute atomic E-state index is 0.167. The maximum absolute atomic E-state index is 9.44. The summed E-state index contributed by atoms with van der Waals surface area (Å²) < 4.78 is 0. The number of hydrogen-bond acceptors (Lipinski definition) is 2. The van der Waals surface area contributed by atoms with E-state index in [9.17, 15) is 4.79 Å². The van der Waals surface area contributed by atoms with Crippen molar-refractivity contribution in [1.29, 1.82) is 0 Å². The van der Waals surface area contributed by atoms with Crippen LogP contribution >= 0.6 is 0 Å². The molecular weight excluding hydrogens is 150 g/mol. The van der Waals surface area contributed by atoms with Crippen LogP contribution in [0.15, 0.2) is 0 Å². The van der Waals surface area contributed by atoms with E-state index >= 15 is 0 Å². The average Bonchev–Trinajstić information content (AvgIpc) is 1.87. The number of rotatable bonds is 4. The first-order chi connectivity index (χ1) is 5.54. The van der Waals surface area contributed by atoms with Gasteiger partial charge >= 0.3 is 0 Å². The molecule has 0 aromatic heterocycles. The molecule has 2 nitrogen and oxygen atoms in total. The van der Waals surface area contributed by atoms with Gasteiger partial charge in [-0.3, -0.25) is 0 Å². The Morgan fingerprint density at radius 3 is 1.50 bits per heavy atom. The topological polar surface area (TPSA) is 20.3 Å². The number of Topliss-reactive ketones (excluding diaryl/α,β-unsaturated/α-hetero) is 1. The Bertz CT molecular complexity index is 92.0. The highest BCUT2D eigenvalue weighted by molar-refractivity contribution is 5.72.